The summed E-state index contributed by atoms with van der Waals surface area (Å²) in [7, 11) is 0. The van der Waals surface area contributed by atoms with Crippen molar-refractivity contribution in [1.82, 2.24) is 5.32 Å². The second-order valence-electron chi connectivity index (χ2n) is 4.22. The maximum absolute atomic E-state index is 5.65. The molecule has 1 rings (SSSR count). The first kappa shape index (κ1) is 13.0. The lowest BCUT2D eigenvalue weighted by Gasteiger charge is -2.13. The van der Waals surface area contributed by atoms with E-state index in [9.17, 15) is 0 Å². The lowest BCUT2D eigenvalue weighted by molar-refractivity contribution is 0.506. The first-order valence-electron chi connectivity index (χ1n) is 6.17. The van der Waals surface area contributed by atoms with Crippen molar-refractivity contribution in [3.05, 3.63) is 29.2 Å². The Kier molecular flexibility index (Phi) is 5.33. The fourth-order valence-corrected chi connectivity index (χ4v) is 1.53. The number of hydrogen-bond acceptors (Lipinski definition) is 2. The summed E-state index contributed by atoms with van der Waals surface area (Å²) in [5, 5.41) is 3.46. The second kappa shape index (κ2) is 6.54. The summed E-state index contributed by atoms with van der Waals surface area (Å²) in [6.07, 6.45) is 4.24. The Labute approximate surface area is 98.7 Å². The highest BCUT2D eigenvalue weighted by Crippen LogP contribution is 2.13. The molecule has 0 aromatic carbocycles. The van der Waals surface area contributed by atoms with Gasteiger partial charge in [0, 0.05) is 12.5 Å². The van der Waals surface area contributed by atoms with E-state index in [-0.39, 0.29) is 0 Å². The molecule has 16 heavy (non-hydrogen) atoms. The maximum Gasteiger partial charge on any atom is 0.127 e. The van der Waals surface area contributed by atoms with Crippen LogP contribution in [0, 0.1) is 0 Å². The number of furan rings is 1. The molecule has 0 radical (unpaired) electrons. The van der Waals surface area contributed by atoms with E-state index in [1.165, 1.54) is 12.0 Å². The molecule has 0 aliphatic rings. The molecule has 0 bridgehead atoms. The third-order valence-electron chi connectivity index (χ3n) is 2.78. The third kappa shape index (κ3) is 3.86. The van der Waals surface area contributed by atoms with Crippen LogP contribution in [0.1, 0.15) is 45.6 Å². The smallest absolute Gasteiger partial charge is 0.127 e. The Morgan fingerprint density at radius 3 is 2.75 bits per heavy atom. The van der Waals surface area contributed by atoms with Crippen molar-refractivity contribution in [3.8, 4) is 0 Å². The van der Waals surface area contributed by atoms with Gasteiger partial charge in [0.05, 0.1) is 0 Å². The van der Waals surface area contributed by atoms with Crippen molar-refractivity contribution >= 4 is 6.08 Å². The van der Waals surface area contributed by atoms with Crippen LogP contribution in [0.25, 0.3) is 6.08 Å². The van der Waals surface area contributed by atoms with Gasteiger partial charge in [-0.2, -0.15) is 0 Å². The van der Waals surface area contributed by atoms with Gasteiger partial charge in [-0.15, -0.1) is 0 Å². The zero-order chi connectivity index (χ0) is 12.0. The molecule has 1 unspecified atom stereocenters. The largest absolute Gasteiger partial charge is 0.462 e. The molecule has 0 spiro atoms. The molecule has 1 atom stereocenters. The Balaban J connectivity index is 2.60. The van der Waals surface area contributed by atoms with E-state index in [0.29, 0.717) is 6.04 Å². The molecule has 0 amide bonds. The number of rotatable bonds is 6. The zero-order valence-corrected chi connectivity index (χ0v) is 10.8. The van der Waals surface area contributed by atoms with E-state index in [1.54, 1.807) is 0 Å². The Bertz CT molecular complexity index is 338. The summed E-state index contributed by atoms with van der Waals surface area (Å²) < 4.78 is 5.65. The molecular formula is C14H23NO. The molecule has 1 N–H and O–H groups in total. The molecule has 0 fully saturated rings. The molecule has 0 aliphatic heterocycles. The Morgan fingerprint density at radius 1 is 1.44 bits per heavy atom. The van der Waals surface area contributed by atoms with Crippen LogP contribution < -0.4 is 5.32 Å². The van der Waals surface area contributed by atoms with Crippen LogP contribution in [0.5, 0.6) is 0 Å². The van der Waals surface area contributed by atoms with Gasteiger partial charge in [-0.3, -0.25) is 0 Å². The minimum atomic E-state index is 0.412. The van der Waals surface area contributed by atoms with Gasteiger partial charge < -0.3 is 9.73 Å². The van der Waals surface area contributed by atoms with Gasteiger partial charge in [-0.05, 0) is 45.0 Å². The fourth-order valence-electron chi connectivity index (χ4n) is 1.53. The van der Waals surface area contributed by atoms with Crippen LogP contribution in [-0.4, -0.2) is 12.6 Å². The van der Waals surface area contributed by atoms with E-state index in [2.05, 4.69) is 39.1 Å². The van der Waals surface area contributed by atoms with Crippen LogP contribution in [0.3, 0.4) is 0 Å². The van der Waals surface area contributed by atoms with Crippen LogP contribution in [0.15, 0.2) is 22.1 Å². The van der Waals surface area contributed by atoms with E-state index in [4.69, 9.17) is 4.42 Å². The molecule has 1 heterocycles. The predicted molar refractivity (Wildman–Crippen MR) is 69.5 cm³/mol. The Morgan fingerprint density at radius 2 is 2.19 bits per heavy atom. The monoisotopic (exact) mass is 221 g/mol. The van der Waals surface area contributed by atoms with Crippen LogP contribution in [-0.2, 0) is 6.42 Å². The van der Waals surface area contributed by atoms with Gasteiger partial charge in [0.25, 0.3) is 0 Å². The molecule has 2 heteroatoms. The zero-order valence-electron chi connectivity index (χ0n) is 10.8. The highest BCUT2D eigenvalue weighted by molar-refractivity contribution is 5.48. The first-order chi connectivity index (χ1) is 7.67. The summed E-state index contributed by atoms with van der Waals surface area (Å²) in [5.74, 6) is 2.01. The van der Waals surface area contributed by atoms with Crippen molar-refractivity contribution < 1.29 is 4.42 Å². The van der Waals surface area contributed by atoms with E-state index >= 15 is 0 Å². The molecule has 0 saturated heterocycles. The van der Waals surface area contributed by atoms with Gasteiger partial charge in [0.15, 0.2) is 0 Å². The number of hydrogen-bond donors (Lipinski definition) is 1. The van der Waals surface area contributed by atoms with Crippen LogP contribution in [0.4, 0.5) is 0 Å². The third-order valence-corrected chi connectivity index (χ3v) is 2.78. The SMILES string of the molecule is CCCNC(C)/C(C)=C/c1ccc(CC)o1. The van der Waals surface area contributed by atoms with Crippen molar-refractivity contribution in [2.75, 3.05) is 6.54 Å². The molecule has 2 nitrogen and oxygen atoms in total. The lowest BCUT2D eigenvalue weighted by atomic mass is 10.1. The van der Waals surface area contributed by atoms with Crippen LogP contribution >= 0.6 is 0 Å². The lowest BCUT2D eigenvalue weighted by Crippen LogP contribution is -2.27. The van der Waals surface area contributed by atoms with Gasteiger partial charge in [0.1, 0.15) is 11.5 Å². The molecule has 90 valence electrons. The van der Waals surface area contributed by atoms with Gasteiger partial charge >= 0.3 is 0 Å². The number of aryl methyl sites for hydroxylation is 1. The molecule has 0 aliphatic carbocycles. The normalized spacial score (nSPS) is 14.1. The average Bonchev–Trinajstić information content (AvgIpc) is 2.73. The minimum Gasteiger partial charge on any atom is -0.462 e. The number of nitrogens with one attached hydrogen (secondary N) is 1. The Hall–Kier alpha value is -1.02. The summed E-state index contributed by atoms with van der Waals surface area (Å²) in [6.45, 7) is 9.67. The average molecular weight is 221 g/mol. The molecular weight excluding hydrogens is 198 g/mol. The van der Waals surface area contributed by atoms with Crippen LogP contribution in [0.2, 0.25) is 0 Å². The first-order valence-corrected chi connectivity index (χ1v) is 6.17. The maximum atomic E-state index is 5.65. The predicted octanol–water partition coefficient (Wildman–Crippen LogP) is 3.63. The minimum absolute atomic E-state index is 0.412. The molecule has 1 aromatic rings. The highest BCUT2D eigenvalue weighted by atomic mass is 16.3. The summed E-state index contributed by atoms with van der Waals surface area (Å²) in [6, 6.07) is 4.49. The highest BCUT2D eigenvalue weighted by Gasteiger charge is 2.04. The quantitative estimate of drug-likeness (QED) is 0.793. The van der Waals surface area contributed by atoms with Gasteiger partial charge in [0.2, 0.25) is 0 Å². The van der Waals surface area contributed by atoms with E-state index in [1.807, 2.05) is 12.1 Å². The second-order valence-corrected chi connectivity index (χ2v) is 4.22. The standard InChI is InChI=1S/C14H23NO/c1-5-9-15-12(4)11(3)10-14-8-7-13(6-2)16-14/h7-8,10,12,15H,5-6,9H2,1-4H3/b11-10+. The van der Waals surface area contributed by atoms with Crippen molar-refractivity contribution in [3.63, 3.8) is 0 Å². The fraction of sp³-hybridized carbons (Fsp3) is 0.571. The van der Waals surface area contributed by atoms with E-state index in [0.717, 1.165) is 24.5 Å². The van der Waals surface area contributed by atoms with Crippen molar-refractivity contribution in [1.29, 1.82) is 0 Å². The van der Waals surface area contributed by atoms with Gasteiger partial charge in [-0.25, -0.2) is 0 Å². The topological polar surface area (TPSA) is 25.2 Å². The molecule has 0 saturated carbocycles. The van der Waals surface area contributed by atoms with Crippen molar-refractivity contribution in [2.45, 2.75) is 46.6 Å². The van der Waals surface area contributed by atoms with Crippen molar-refractivity contribution in [2.24, 2.45) is 0 Å². The summed E-state index contributed by atoms with van der Waals surface area (Å²) >= 11 is 0. The summed E-state index contributed by atoms with van der Waals surface area (Å²) in [4.78, 5) is 0. The summed E-state index contributed by atoms with van der Waals surface area (Å²) in [5.41, 5.74) is 1.31. The molecule has 1 aromatic heterocycles. The van der Waals surface area contributed by atoms with Gasteiger partial charge in [-0.1, -0.05) is 19.4 Å². The van der Waals surface area contributed by atoms with E-state index < -0.39 is 0 Å².